The second kappa shape index (κ2) is 6.22. The molecule has 0 spiro atoms. The van der Waals surface area contributed by atoms with Crippen LogP contribution in [0.1, 0.15) is 0 Å². The van der Waals surface area contributed by atoms with Crippen LogP contribution in [0.5, 0.6) is 5.88 Å². The standard InChI is InChI=1S/C14H19N7O3/c1-18-8-10(7-15-18)21-5-4-20(9-13(21)22)14(23)16-11-6-12(24-3)17-19(11)2/h6-8H,4-5,9H2,1-3H3,(H,16,23). The van der Waals surface area contributed by atoms with E-state index < -0.39 is 0 Å². The summed E-state index contributed by atoms with van der Waals surface area (Å²) in [6, 6.07) is 1.27. The molecule has 3 heterocycles. The van der Waals surface area contributed by atoms with Gasteiger partial charge in [-0.25, -0.2) is 9.48 Å². The van der Waals surface area contributed by atoms with Gasteiger partial charge in [0.2, 0.25) is 11.8 Å². The van der Waals surface area contributed by atoms with Crippen molar-refractivity contribution in [1.29, 1.82) is 0 Å². The quantitative estimate of drug-likeness (QED) is 0.855. The highest BCUT2D eigenvalue weighted by Crippen LogP contribution is 2.18. The van der Waals surface area contributed by atoms with E-state index in [1.807, 2.05) is 0 Å². The second-order valence-corrected chi connectivity index (χ2v) is 5.46. The molecular formula is C14H19N7O3. The van der Waals surface area contributed by atoms with E-state index in [0.29, 0.717) is 24.8 Å². The number of urea groups is 1. The highest BCUT2D eigenvalue weighted by molar-refractivity contribution is 5.99. The number of anilines is 2. The van der Waals surface area contributed by atoms with Gasteiger partial charge in [0, 0.05) is 39.4 Å². The van der Waals surface area contributed by atoms with Crippen molar-refractivity contribution in [3.63, 3.8) is 0 Å². The fraction of sp³-hybridized carbons (Fsp3) is 0.429. The highest BCUT2D eigenvalue weighted by atomic mass is 16.5. The molecule has 0 saturated carbocycles. The molecule has 0 atom stereocenters. The third kappa shape index (κ3) is 3.03. The summed E-state index contributed by atoms with van der Waals surface area (Å²) in [7, 11) is 4.99. The molecule has 0 aromatic carbocycles. The molecular weight excluding hydrogens is 314 g/mol. The molecule has 1 aliphatic rings. The van der Waals surface area contributed by atoms with Crippen molar-refractivity contribution in [2.24, 2.45) is 14.1 Å². The number of hydrogen-bond donors (Lipinski definition) is 1. The van der Waals surface area contributed by atoms with E-state index in [4.69, 9.17) is 4.74 Å². The third-order valence-corrected chi connectivity index (χ3v) is 3.81. The average Bonchev–Trinajstić information content (AvgIpc) is 3.13. The zero-order valence-corrected chi connectivity index (χ0v) is 13.8. The molecule has 2 aromatic heterocycles. The fourth-order valence-electron chi connectivity index (χ4n) is 2.51. The van der Waals surface area contributed by atoms with E-state index in [0.717, 1.165) is 5.69 Å². The van der Waals surface area contributed by atoms with E-state index in [1.165, 1.54) is 16.7 Å². The fourth-order valence-corrected chi connectivity index (χ4v) is 2.51. The molecule has 1 saturated heterocycles. The van der Waals surface area contributed by atoms with Crippen molar-refractivity contribution in [2.45, 2.75) is 0 Å². The van der Waals surface area contributed by atoms with Gasteiger partial charge < -0.3 is 14.5 Å². The van der Waals surface area contributed by atoms with Gasteiger partial charge in [0.15, 0.2) is 0 Å². The van der Waals surface area contributed by atoms with Crippen LogP contribution in [0.15, 0.2) is 18.5 Å². The van der Waals surface area contributed by atoms with Crippen molar-refractivity contribution < 1.29 is 14.3 Å². The zero-order chi connectivity index (χ0) is 17.3. The van der Waals surface area contributed by atoms with Crippen LogP contribution in [-0.4, -0.2) is 63.1 Å². The summed E-state index contributed by atoms with van der Waals surface area (Å²) in [6.07, 6.45) is 3.41. The summed E-state index contributed by atoms with van der Waals surface area (Å²) in [5.74, 6) is 0.760. The molecule has 1 fully saturated rings. The van der Waals surface area contributed by atoms with E-state index in [2.05, 4.69) is 15.5 Å². The molecule has 1 aliphatic heterocycles. The van der Waals surface area contributed by atoms with E-state index in [-0.39, 0.29) is 18.5 Å². The number of aryl methyl sites for hydroxylation is 2. The van der Waals surface area contributed by atoms with Crippen LogP contribution in [0.25, 0.3) is 0 Å². The van der Waals surface area contributed by atoms with Gasteiger partial charge in [-0.3, -0.25) is 14.8 Å². The molecule has 3 rings (SSSR count). The van der Waals surface area contributed by atoms with Crippen LogP contribution in [0.4, 0.5) is 16.3 Å². The molecule has 3 amide bonds. The van der Waals surface area contributed by atoms with Crippen LogP contribution < -0.4 is 15.0 Å². The Bertz CT molecular complexity index is 766. The number of amides is 3. The van der Waals surface area contributed by atoms with Gasteiger partial charge in [-0.1, -0.05) is 0 Å². The van der Waals surface area contributed by atoms with Crippen molar-refractivity contribution in [3.8, 4) is 5.88 Å². The number of carbonyl (C=O) groups is 2. The maximum atomic E-state index is 12.4. The summed E-state index contributed by atoms with van der Waals surface area (Å²) in [5, 5.41) is 10.9. The Hall–Kier alpha value is -3.04. The van der Waals surface area contributed by atoms with Crippen molar-refractivity contribution in [3.05, 3.63) is 18.5 Å². The third-order valence-electron chi connectivity index (χ3n) is 3.81. The van der Waals surface area contributed by atoms with E-state index in [9.17, 15) is 9.59 Å². The van der Waals surface area contributed by atoms with Gasteiger partial charge in [0.25, 0.3) is 0 Å². The maximum Gasteiger partial charge on any atom is 0.323 e. The number of ether oxygens (including phenoxy) is 1. The SMILES string of the molecule is COc1cc(NC(=O)N2CCN(c3cnn(C)c3)C(=O)C2)n(C)n1. The predicted molar refractivity (Wildman–Crippen MR) is 85.9 cm³/mol. The Balaban J connectivity index is 1.63. The lowest BCUT2D eigenvalue weighted by atomic mass is 10.3. The lowest BCUT2D eigenvalue weighted by Gasteiger charge is -2.33. The van der Waals surface area contributed by atoms with Gasteiger partial charge in [-0.2, -0.15) is 5.10 Å². The van der Waals surface area contributed by atoms with Gasteiger partial charge in [-0.05, 0) is 0 Å². The number of rotatable bonds is 3. The van der Waals surface area contributed by atoms with Crippen LogP contribution in [0, 0.1) is 0 Å². The summed E-state index contributed by atoms with van der Waals surface area (Å²) < 4.78 is 8.16. The van der Waals surface area contributed by atoms with Crippen LogP contribution in [0.3, 0.4) is 0 Å². The zero-order valence-electron chi connectivity index (χ0n) is 13.8. The van der Waals surface area contributed by atoms with Crippen molar-refractivity contribution in [1.82, 2.24) is 24.5 Å². The molecule has 1 N–H and O–H groups in total. The first-order valence-electron chi connectivity index (χ1n) is 7.41. The van der Waals surface area contributed by atoms with Crippen LogP contribution in [0.2, 0.25) is 0 Å². The van der Waals surface area contributed by atoms with Gasteiger partial charge in [0.05, 0.1) is 19.0 Å². The normalized spacial score (nSPS) is 14.9. The maximum absolute atomic E-state index is 12.4. The Morgan fingerprint density at radius 3 is 2.71 bits per heavy atom. The highest BCUT2D eigenvalue weighted by Gasteiger charge is 2.29. The van der Waals surface area contributed by atoms with E-state index in [1.54, 1.807) is 42.1 Å². The number of piperazine rings is 1. The Morgan fingerprint density at radius 2 is 2.12 bits per heavy atom. The molecule has 10 nitrogen and oxygen atoms in total. The lowest BCUT2D eigenvalue weighted by Crippen LogP contribution is -2.53. The first-order chi connectivity index (χ1) is 11.5. The number of hydrogen-bond acceptors (Lipinski definition) is 5. The Morgan fingerprint density at radius 1 is 1.33 bits per heavy atom. The van der Waals surface area contributed by atoms with Crippen molar-refractivity contribution in [2.75, 3.05) is 37.0 Å². The lowest BCUT2D eigenvalue weighted by molar-refractivity contribution is -0.120. The number of methoxy groups -OCH3 is 1. The van der Waals surface area contributed by atoms with Crippen molar-refractivity contribution >= 4 is 23.4 Å². The minimum atomic E-state index is -0.347. The minimum absolute atomic E-state index is 0.00964. The van der Waals surface area contributed by atoms with Gasteiger partial charge in [0.1, 0.15) is 12.4 Å². The van der Waals surface area contributed by atoms with Gasteiger partial charge in [-0.15, -0.1) is 5.10 Å². The first kappa shape index (κ1) is 15.8. The smallest absolute Gasteiger partial charge is 0.323 e. The molecule has 0 unspecified atom stereocenters. The monoisotopic (exact) mass is 333 g/mol. The summed E-state index contributed by atoms with van der Waals surface area (Å²) in [6.45, 7) is 0.865. The Labute approximate surface area is 138 Å². The second-order valence-electron chi connectivity index (χ2n) is 5.46. The Kier molecular flexibility index (Phi) is 4.11. The summed E-state index contributed by atoms with van der Waals surface area (Å²) in [4.78, 5) is 27.8. The summed E-state index contributed by atoms with van der Waals surface area (Å²) >= 11 is 0. The number of carbonyl (C=O) groups excluding carboxylic acids is 2. The van der Waals surface area contributed by atoms with Gasteiger partial charge >= 0.3 is 6.03 Å². The molecule has 0 radical (unpaired) electrons. The summed E-state index contributed by atoms with van der Waals surface area (Å²) in [5.41, 5.74) is 0.735. The minimum Gasteiger partial charge on any atom is -0.480 e. The molecule has 0 aliphatic carbocycles. The topological polar surface area (TPSA) is 97.5 Å². The average molecular weight is 333 g/mol. The molecule has 24 heavy (non-hydrogen) atoms. The predicted octanol–water partition coefficient (Wildman–Crippen LogP) is 0.0429. The van der Waals surface area contributed by atoms with Crippen LogP contribution in [-0.2, 0) is 18.9 Å². The number of nitrogens with zero attached hydrogens (tertiary/aromatic N) is 6. The molecule has 10 heteroatoms. The van der Waals surface area contributed by atoms with Crippen LogP contribution >= 0.6 is 0 Å². The number of aromatic nitrogens is 4. The van der Waals surface area contributed by atoms with E-state index >= 15 is 0 Å². The first-order valence-corrected chi connectivity index (χ1v) is 7.41. The molecule has 128 valence electrons. The largest absolute Gasteiger partial charge is 0.480 e. The molecule has 2 aromatic rings. The number of nitrogens with one attached hydrogen (secondary N) is 1. The molecule has 0 bridgehead atoms.